The molecule has 0 radical (unpaired) electrons. The van der Waals surface area contributed by atoms with Crippen LogP contribution >= 0.6 is 11.3 Å². The van der Waals surface area contributed by atoms with Gasteiger partial charge in [0.2, 0.25) is 0 Å². The predicted molar refractivity (Wildman–Crippen MR) is 241 cm³/mol. The number of thiophene rings is 1. The van der Waals surface area contributed by atoms with Gasteiger partial charge in [-0.15, -0.1) is 11.3 Å². The summed E-state index contributed by atoms with van der Waals surface area (Å²) < 4.78 is 2.66. The lowest BCUT2D eigenvalue weighted by atomic mass is 9.65. The summed E-state index contributed by atoms with van der Waals surface area (Å²) in [7, 11) is 0. The molecule has 0 fully saturated rings. The van der Waals surface area contributed by atoms with Crippen LogP contribution in [0.5, 0.6) is 0 Å². The van der Waals surface area contributed by atoms with Crippen LogP contribution in [0.3, 0.4) is 0 Å². The monoisotopic (exact) mass is 741 g/mol. The molecule has 1 atom stereocenters. The fourth-order valence-corrected chi connectivity index (χ4v) is 11.1. The maximum atomic E-state index is 2.54. The third-order valence-corrected chi connectivity index (χ3v) is 13.4. The van der Waals surface area contributed by atoms with Crippen LogP contribution in [-0.4, -0.2) is 0 Å². The van der Waals surface area contributed by atoms with E-state index in [2.05, 4.69) is 217 Å². The Labute approximate surface area is 336 Å². The average Bonchev–Trinajstić information content (AvgIpc) is 3.76. The topological polar surface area (TPSA) is 3.24 Å². The Balaban J connectivity index is 1.20. The molecule has 1 unspecified atom stereocenters. The van der Waals surface area contributed by atoms with Crippen molar-refractivity contribution in [2.75, 3.05) is 4.90 Å². The molecule has 1 nitrogen and oxygen atoms in total. The van der Waals surface area contributed by atoms with Gasteiger partial charge in [0.1, 0.15) is 0 Å². The Bertz CT molecular complexity index is 3190. The molecule has 1 aromatic heterocycles. The molecule has 0 saturated carbocycles. The lowest BCUT2D eigenvalue weighted by Crippen LogP contribution is -2.29. The summed E-state index contributed by atoms with van der Waals surface area (Å²) in [6.45, 7) is 0. The lowest BCUT2D eigenvalue weighted by Gasteiger charge is -2.36. The first kappa shape index (κ1) is 32.3. The van der Waals surface area contributed by atoms with E-state index in [0.717, 1.165) is 17.1 Å². The van der Waals surface area contributed by atoms with E-state index in [1.54, 1.807) is 0 Å². The average molecular weight is 742 g/mol. The maximum absolute atomic E-state index is 2.54. The number of hydrogen-bond donors (Lipinski definition) is 0. The predicted octanol–water partition coefficient (Wildman–Crippen LogP) is 15.2. The van der Waals surface area contributed by atoms with Crippen LogP contribution in [0.1, 0.15) is 22.3 Å². The summed E-state index contributed by atoms with van der Waals surface area (Å²) in [5.74, 6) is 0. The Morgan fingerprint density at radius 1 is 0.316 bits per heavy atom. The summed E-state index contributed by atoms with van der Waals surface area (Å²) in [6, 6.07) is 79.0. The number of rotatable bonds is 4. The molecule has 0 N–H and O–H groups in total. The van der Waals surface area contributed by atoms with Gasteiger partial charge in [-0.3, -0.25) is 0 Å². The third kappa shape index (κ3) is 4.62. The Kier molecular flexibility index (Phi) is 7.08. The van der Waals surface area contributed by atoms with Crippen molar-refractivity contribution < 1.29 is 0 Å². The molecule has 266 valence electrons. The summed E-state index contributed by atoms with van der Waals surface area (Å²) in [5.41, 5.74) is 18.2. The smallest absolute Gasteiger partial charge is 0.0725 e. The molecule has 0 bridgehead atoms. The molecule has 2 heteroatoms. The summed E-state index contributed by atoms with van der Waals surface area (Å²) in [5, 5.41) is 2.65. The normalized spacial score (nSPS) is 14.7. The first-order chi connectivity index (χ1) is 28.3. The largest absolute Gasteiger partial charge is 0.310 e. The van der Waals surface area contributed by atoms with E-state index in [-0.39, 0.29) is 0 Å². The van der Waals surface area contributed by atoms with E-state index in [4.69, 9.17) is 0 Å². The molecule has 1 spiro atoms. The van der Waals surface area contributed by atoms with E-state index >= 15 is 0 Å². The van der Waals surface area contributed by atoms with Crippen molar-refractivity contribution in [3.8, 4) is 44.5 Å². The number of para-hydroxylation sites is 2. The maximum Gasteiger partial charge on any atom is 0.0725 e. The number of anilines is 3. The number of nitrogens with zero attached hydrogens (tertiary/aromatic N) is 1. The van der Waals surface area contributed by atoms with Crippen molar-refractivity contribution in [1.82, 2.24) is 0 Å². The van der Waals surface area contributed by atoms with E-state index in [9.17, 15) is 0 Å². The number of benzene rings is 9. The standard InChI is InChI=1S/C55H35NS/c1-3-17-36(18-4-1)39-21-11-15-29-52(39)56(37-19-5-2-6-20-37)38-31-32-50-45(33-38)41-23-8-7-22-40(41)42-24-9-13-27-48(42)55(50)49-28-14-10-25-43(49)46-35-54-47(34-51(46)55)44-26-12-16-30-53(44)57-54/h1-35H. The van der Waals surface area contributed by atoms with Crippen LogP contribution in [0.4, 0.5) is 17.1 Å². The van der Waals surface area contributed by atoms with Crippen molar-refractivity contribution in [1.29, 1.82) is 0 Å². The van der Waals surface area contributed by atoms with Gasteiger partial charge in [-0.25, -0.2) is 0 Å². The first-order valence-corrected chi connectivity index (χ1v) is 20.5. The van der Waals surface area contributed by atoms with Crippen molar-refractivity contribution >= 4 is 48.6 Å². The van der Waals surface area contributed by atoms with Gasteiger partial charge in [0.05, 0.1) is 11.1 Å². The Morgan fingerprint density at radius 2 is 0.860 bits per heavy atom. The van der Waals surface area contributed by atoms with Crippen LogP contribution in [0.15, 0.2) is 212 Å². The van der Waals surface area contributed by atoms with Crippen LogP contribution in [0, 0.1) is 0 Å². The van der Waals surface area contributed by atoms with E-state index in [1.165, 1.54) is 86.9 Å². The van der Waals surface area contributed by atoms with Crippen LogP contribution in [-0.2, 0) is 5.41 Å². The van der Waals surface area contributed by atoms with Gasteiger partial charge in [-0.2, -0.15) is 0 Å². The zero-order chi connectivity index (χ0) is 37.5. The third-order valence-electron chi connectivity index (χ3n) is 12.3. The van der Waals surface area contributed by atoms with Gasteiger partial charge in [-0.1, -0.05) is 164 Å². The lowest BCUT2D eigenvalue weighted by molar-refractivity contribution is 0.776. The summed E-state index contributed by atoms with van der Waals surface area (Å²) >= 11 is 1.90. The first-order valence-electron chi connectivity index (χ1n) is 19.7. The molecule has 9 aromatic carbocycles. The Morgan fingerprint density at radius 3 is 1.61 bits per heavy atom. The highest BCUT2D eigenvalue weighted by atomic mass is 32.1. The molecular weight excluding hydrogens is 707 g/mol. The molecule has 0 saturated heterocycles. The zero-order valence-corrected chi connectivity index (χ0v) is 31.9. The molecule has 1 heterocycles. The molecule has 2 aliphatic rings. The van der Waals surface area contributed by atoms with Crippen LogP contribution in [0.2, 0.25) is 0 Å². The minimum Gasteiger partial charge on any atom is -0.310 e. The molecule has 0 amide bonds. The quantitative estimate of drug-likeness (QED) is 0.174. The summed E-state index contributed by atoms with van der Waals surface area (Å²) in [4.78, 5) is 2.44. The zero-order valence-electron chi connectivity index (χ0n) is 31.1. The van der Waals surface area contributed by atoms with Crippen molar-refractivity contribution in [2.45, 2.75) is 5.41 Å². The molecule has 57 heavy (non-hydrogen) atoms. The van der Waals surface area contributed by atoms with E-state index in [0.29, 0.717) is 0 Å². The molecule has 0 aliphatic heterocycles. The Hall–Kier alpha value is -7.00. The second-order valence-corrected chi connectivity index (χ2v) is 16.2. The minimum absolute atomic E-state index is 0.563. The number of fused-ring (bicyclic) bond motifs is 15. The highest BCUT2D eigenvalue weighted by Gasteiger charge is 2.50. The van der Waals surface area contributed by atoms with E-state index in [1.807, 2.05) is 11.3 Å². The second-order valence-electron chi connectivity index (χ2n) is 15.2. The molecule has 10 aromatic rings. The van der Waals surface area contributed by atoms with Crippen LogP contribution in [0.25, 0.3) is 64.7 Å². The van der Waals surface area contributed by atoms with Gasteiger partial charge >= 0.3 is 0 Å². The highest BCUT2D eigenvalue weighted by molar-refractivity contribution is 7.25. The molecule has 12 rings (SSSR count). The van der Waals surface area contributed by atoms with Gasteiger partial charge in [0, 0.05) is 37.1 Å². The SMILES string of the molecule is c1ccc(-c2ccccc2N(c2ccccc2)c2ccc3c(c2)-c2ccccc2-c2ccccc2C32c3ccccc3-c3cc4sc5ccccc5c4cc32)cc1. The molecule has 2 aliphatic carbocycles. The van der Waals surface area contributed by atoms with Gasteiger partial charge in [0.15, 0.2) is 0 Å². The molecular formula is C55H35NS. The number of hydrogen-bond acceptors (Lipinski definition) is 2. The van der Waals surface area contributed by atoms with Gasteiger partial charge < -0.3 is 4.90 Å². The fraction of sp³-hybridized carbons (Fsp3) is 0.0182. The minimum atomic E-state index is -0.563. The van der Waals surface area contributed by atoms with Gasteiger partial charge in [0.25, 0.3) is 0 Å². The second kappa shape index (κ2) is 12.5. The van der Waals surface area contributed by atoms with E-state index < -0.39 is 5.41 Å². The van der Waals surface area contributed by atoms with Crippen LogP contribution < -0.4 is 4.90 Å². The van der Waals surface area contributed by atoms with Gasteiger partial charge in [-0.05, 0) is 110 Å². The summed E-state index contributed by atoms with van der Waals surface area (Å²) in [6.07, 6.45) is 0. The van der Waals surface area contributed by atoms with Crippen molar-refractivity contribution in [3.05, 3.63) is 235 Å². The highest BCUT2D eigenvalue weighted by Crippen LogP contribution is 2.63. The fourth-order valence-electron chi connectivity index (χ4n) is 9.97. The van der Waals surface area contributed by atoms with Crippen molar-refractivity contribution in [2.24, 2.45) is 0 Å². The van der Waals surface area contributed by atoms with Crippen molar-refractivity contribution in [3.63, 3.8) is 0 Å².